The number of nitrogens with one attached hydrogen (secondary N) is 1. The molecule has 0 radical (unpaired) electrons. The van der Waals surface area contributed by atoms with Crippen LogP contribution in [0.25, 0.3) is 22.2 Å². The second-order valence-electron chi connectivity index (χ2n) is 8.62. The summed E-state index contributed by atoms with van der Waals surface area (Å²) in [4.78, 5) is 28.8. The van der Waals surface area contributed by atoms with E-state index in [1.807, 2.05) is 73.7 Å². The molecule has 178 valence electrons. The lowest BCUT2D eigenvalue weighted by molar-refractivity contribution is -0.137. The maximum absolute atomic E-state index is 13.0. The van der Waals surface area contributed by atoms with Gasteiger partial charge < -0.3 is 10.4 Å². The SMILES string of the molecule is C[C@H](NC(=O)c1ccc2nc(-c3ccccc3)c(CCCCC(=O)O)cc2c1)c1ccc(Cl)cc1. The highest BCUT2D eigenvalue weighted by Gasteiger charge is 2.14. The Bertz CT molecular complexity index is 1340. The number of aryl methyl sites for hydroxylation is 1. The van der Waals surface area contributed by atoms with Crippen molar-refractivity contribution in [1.29, 1.82) is 0 Å². The van der Waals surface area contributed by atoms with Crippen LogP contribution in [0, 0.1) is 0 Å². The molecule has 0 fully saturated rings. The third-order valence-electron chi connectivity index (χ3n) is 6.01. The molecule has 0 saturated carbocycles. The monoisotopic (exact) mass is 486 g/mol. The van der Waals surface area contributed by atoms with Crippen LogP contribution in [0.1, 0.15) is 53.7 Å². The summed E-state index contributed by atoms with van der Waals surface area (Å²) in [6.07, 6.45) is 2.22. The smallest absolute Gasteiger partial charge is 0.303 e. The minimum absolute atomic E-state index is 0.151. The molecule has 0 saturated heterocycles. The van der Waals surface area contributed by atoms with Crippen LogP contribution in [-0.2, 0) is 11.2 Å². The number of unbranched alkanes of at least 4 members (excludes halogenated alkanes) is 1. The van der Waals surface area contributed by atoms with Gasteiger partial charge in [0.1, 0.15) is 0 Å². The van der Waals surface area contributed by atoms with Gasteiger partial charge in [0.25, 0.3) is 5.91 Å². The number of carboxylic acids is 1. The number of benzene rings is 3. The van der Waals surface area contributed by atoms with Crippen molar-refractivity contribution in [2.24, 2.45) is 0 Å². The summed E-state index contributed by atoms with van der Waals surface area (Å²) in [6, 6.07) is 24.8. The standard InChI is InChI=1S/C29H27ClN2O3/c1-19(20-11-14-25(30)15-12-20)31-29(35)23-13-16-26-24(18-23)17-22(9-5-6-10-27(33)34)28(32-26)21-7-3-2-4-8-21/h2-4,7-8,11-19H,5-6,9-10H2,1H3,(H,31,35)(H,33,34)/t19-/m0/s1. The van der Waals surface area contributed by atoms with Gasteiger partial charge in [0.15, 0.2) is 0 Å². The van der Waals surface area contributed by atoms with Crippen LogP contribution >= 0.6 is 11.6 Å². The van der Waals surface area contributed by atoms with Crippen LogP contribution in [0.15, 0.2) is 78.9 Å². The molecule has 2 N–H and O–H groups in total. The van der Waals surface area contributed by atoms with Gasteiger partial charge in [-0.05, 0) is 73.7 Å². The number of fused-ring (bicyclic) bond motifs is 1. The first-order valence-corrected chi connectivity index (χ1v) is 12.1. The third-order valence-corrected chi connectivity index (χ3v) is 6.26. The predicted octanol–water partition coefficient (Wildman–Crippen LogP) is 6.84. The summed E-state index contributed by atoms with van der Waals surface area (Å²) in [5, 5.41) is 13.5. The molecule has 1 heterocycles. The predicted molar refractivity (Wildman–Crippen MR) is 140 cm³/mol. The molecule has 3 aromatic carbocycles. The molecule has 6 heteroatoms. The van der Waals surface area contributed by atoms with E-state index < -0.39 is 5.97 Å². The van der Waals surface area contributed by atoms with E-state index >= 15 is 0 Å². The number of amides is 1. The molecule has 0 bridgehead atoms. The number of carboxylic acid groups (broad SMARTS) is 1. The normalized spacial score (nSPS) is 11.8. The minimum Gasteiger partial charge on any atom is -0.481 e. The molecule has 0 unspecified atom stereocenters. The van der Waals surface area contributed by atoms with Crippen LogP contribution < -0.4 is 5.32 Å². The van der Waals surface area contributed by atoms with E-state index in [9.17, 15) is 9.59 Å². The van der Waals surface area contributed by atoms with E-state index in [0.29, 0.717) is 23.4 Å². The van der Waals surface area contributed by atoms with Gasteiger partial charge in [-0.2, -0.15) is 0 Å². The van der Waals surface area contributed by atoms with E-state index in [1.165, 1.54) is 0 Å². The summed E-state index contributed by atoms with van der Waals surface area (Å²) in [6.45, 7) is 1.94. The van der Waals surface area contributed by atoms with Gasteiger partial charge >= 0.3 is 5.97 Å². The fourth-order valence-electron chi connectivity index (χ4n) is 4.10. The van der Waals surface area contributed by atoms with Crippen molar-refractivity contribution in [3.05, 3.63) is 101 Å². The zero-order chi connectivity index (χ0) is 24.8. The molecule has 35 heavy (non-hydrogen) atoms. The van der Waals surface area contributed by atoms with Crippen molar-refractivity contribution < 1.29 is 14.7 Å². The van der Waals surface area contributed by atoms with Gasteiger partial charge in [-0.1, -0.05) is 54.1 Å². The fraction of sp³-hybridized carbons (Fsp3) is 0.207. The average molecular weight is 487 g/mol. The number of carbonyl (C=O) groups excluding carboxylic acids is 1. The fourth-order valence-corrected chi connectivity index (χ4v) is 4.23. The lowest BCUT2D eigenvalue weighted by Gasteiger charge is -2.15. The lowest BCUT2D eigenvalue weighted by Crippen LogP contribution is -2.26. The molecular formula is C29H27ClN2O3. The molecule has 5 nitrogen and oxygen atoms in total. The largest absolute Gasteiger partial charge is 0.481 e. The van der Waals surface area contributed by atoms with E-state index in [-0.39, 0.29) is 18.4 Å². The van der Waals surface area contributed by atoms with Crippen LogP contribution in [0.5, 0.6) is 0 Å². The van der Waals surface area contributed by atoms with Crippen molar-refractivity contribution in [3.8, 4) is 11.3 Å². The van der Waals surface area contributed by atoms with Crippen LogP contribution in [0.2, 0.25) is 5.02 Å². The number of hydrogen-bond acceptors (Lipinski definition) is 3. The Balaban J connectivity index is 1.61. The summed E-state index contributed by atoms with van der Waals surface area (Å²) < 4.78 is 0. The number of pyridine rings is 1. The number of rotatable bonds is 9. The Morgan fingerprint density at radius 2 is 1.71 bits per heavy atom. The van der Waals surface area contributed by atoms with Crippen molar-refractivity contribution >= 4 is 34.4 Å². The summed E-state index contributed by atoms with van der Waals surface area (Å²) >= 11 is 5.97. The zero-order valence-electron chi connectivity index (χ0n) is 19.5. The maximum Gasteiger partial charge on any atom is 0.303 e. The van der Waals surface area contributed by atoms with E-state index in [0.717, 1.165) is 39.7 Å². The maximum atomic E-state index is 13.0. The quantitative estimate of drug-likeness (QED) is 0.254. The first-order chi connectivity index (χ1) is 16.9. The summed E-state index contributed by atoms with van der Waals surface area (Å²) in [5.74, 6) is -0.946. The minimum atomic E-state index is -0.784. The Hall–Kier alpha value is -3.70. The topological polar surface area (TPSA) is 79.3 Å². The van der Waals surface area contributed by atoms with E-state index in [1.54, 1.807) is 6.07 Å². The number of halogens is 1. The number of aliphatic carboxylic acids is 1. The molecule has 4 rings (SSSR count). The highest BCUT2D eigenvalue weighted by Crippen LogP contribution is 2.28. The molecule has 4 aromatic rings. The highest BCUT2D eigenvalue weighted by atomic mass is 35.5. The van der Waals surface area contributed by atoms with Crippen molar-refractivity contribution in [2.45, 2.75) is 38.6 Å². The molecule has 1 aromatic heterocycles. The van der Waals surface area contributed by atoms with Crippen LogP contribution in [0.4, 0.5) is 0 Å². The molecule has 0 aliphatic carbocycles. The first kappa shape index (κ1) is 24.4. The van der Waals surface area contributed by atoms with Gasteiger partial charge in [-0.3, -0.25) is 9.59 Å². The molecule has 1 atom stereocenters. The van der Waals surface area contributed by atoms with Crippen LogP contribution in [-0.4, -0.2) is 22.0 Å². The second-order valence-corrected chi connectivity index (χ2v) is 9.05. The number of aromatic nitrogens is 1. The third kappa shape index (κ3) is 6.25. The molecule has 0 aliphatic heterocycles. The second kappa shape index (κ2) is 11.2. The number of carbonyl (C=O) groups is 2. The summed E-state index contributed by atoms with van der Waals surface area (Å²) in [5.41, 5.74) is 5.29. The van der Waals surface area contributed by atoms with Crippen molar-refractivity contribution in [1.82, 2.24) is 10.3 Å². The van der Waals surface area contributed by atoms with E-state index in [4.69, 9.17) is 21.7 Å². The number of hydrogen-bond donors (Lipinski definition) is 2. The van der Waals surface area contributed by atoms with Gasteiger partial charge in [-0.15, -0.1) is 0 Å². The Morgan fingerprint density at radius 3 is 2.43 bits per heavy atom. The van der Waals surface area contributed by atoms with Gasteiger partial charge in [0.2, 0.25) is 0 Å². The van der Waals surface area contributed by atoms with Crippen molar-refractivity contribution in [2.75, 3.05) is 0 Å². The van der Waals surface area contributed by atoms with Crippen LogP contribution in [0.3, 0.4) is 0 Å². The molecular weight excluding hydrogens is 460 g/mol. The number of nitrogens with zero attached hydrogens (tertiary/aromatic N) is 1. The molecule has 0 spiro atoms. The zero-order valence-corrected chi connectivity index (χ0v) is 20.3. The first-order valence-electron chi connectivity index (χ1n) is 11.7. The Kier molecular flexibility index (Phi) is 7.78. The Morgan fingerprint density at radius 1 is 0.971 bits per heavy atom. The summed E-state index contributed by atoms with van der Waals surface area (Å²) in [7, 11) is 0. The molecule has 1 amide bonds. The van der Waals surface area contributed by atoms with Gasteiger partial charge in [0.05, 0.1) is 17.3 Å². The highest BCUT2D eigenvalue weighted by molar-refractivity contribution is 6.30. The van der Waals surface area contributed by atoms with Crippen molar-refractivity contribution in [3.63, 3.8) is 0 Å². The van der Waals surface area contributed by atoms with Gasteiger partial charge in [-0.25, -0.2) is 4.98 Å². The Labute approximate surface area is 209 Å². The van der Waals surface area contributed by atoms with Gasteiger partial charge in [0, 0.05) is 28.0 Å². The average Bonchev–Trinajstić information content (AvgIpc) is 2.86. The van der Waals surface area contributed by atoms with E-state index in [2.05, 4.69) is 11.4 Å². The molecule has 0 aliphatic rings. The lowest BCUT2D eigenvalue weighted by atomic mass is 9.98.